The van der Waals surface area contributed by atoms with E-state index in [-0.39, 0.29) is 11.4 Å². The van der Waals surface area contributed by atoms with Gasteiger partial charge in [-0.05, 0) is 61.7 Å². The van der Waals surface area contributed by atoms with Crippen molar-refractivity contribution in [3.63, 3.8) is 0 Å². The largest absolute Gasteiger partial charge is 0.306 e. The Kier molecular flexibility index (Phi) is 7.49. The normalized spacial score (nSPS) is 16.7. The molecule has 1 saturated heterocycles. The molecule has 1 atom stereocenters. The summed E-state index contributed by atoms with van der Waals surface area (Å²) in [5.41, 5.74) is 0.487. The quantitative estimate of drug-likeness (QED) is 0.620. The van der Waals surface area contributed by atoms with Gasteiger partial charge >= 0.3 is 0 Å². The summed E-state index contributed by atoms with van der Waals surface area (Å²) in [4.78, 5) is 18.2. The van der Waals surface area contributed by atoms with Gasteiger partial charge in [-0.25, -0.2) is 17.1 Å². The second kappa shape index (κ2) is 9.89. The molecule has 3 rings (SSSR count). The molecule has 2 heterocycles. The number of sulfonamides is 1. The minimum atomic E-state index is -4.16. The zero-order valence-corrected chi connectivity index (χ0v) is 18.7. The Morgan fingerprint density at radius 2 is 2.03 bits per heavy atom. The monoisotopic (exact) mass is 451 g/mol. The molecule has 1 N–H and O–H groups in total. The summed E-state index contributed by atoms with van der Waals surface area (Å²) in [7, 11) is -4.16. The van der Waals surface area contributed by atoms with Crippen molar-refractivity contribution in [1.82, 2.24) is 14.6 Å². The molecule has 1 amide bonds. The number of thioether (sulfide) groups is 1. The van der Waals surface area contributed by atoms with Crippen molar-refractivity contribution in [3.8, 4) is 0 Å². The zero-order chi connectivity index (χ0) is 21.7. The summed E-state index contributed by atoms with van der Waals surface area (Å²) in [6.45, 7) is 4.74. The van der Waals surface area contributed by atoms with Gasteiger partial charge in [-0.2, -0.15) is 0 Å². The van der Waals surface area contributed by atoms with Gasteiger partial charge in [0, 0.05) is 16.8 Å². The first kappa shape index (κ1) is 22.7. The van der Waals surface area contributed by atoms with Crippen LogP contribution in [0.5, 0.6) is 0 Å². The van der Waals surface area contributed by atoms with Crippen LogP contribution in [-0.4, -0.2) is 42.0 Å². The van der Waals surface area contributed by atoms with E-state index in [0.717, 1.165) is 33.5 Å². The van der Waals surface area contributed by atoms with Crippen LogP contribution in [0.3, 0.4) is 0 Å². The van der Waals surface area contributed by atoms with E-state index < -0.39 is 27.8 Å². The fraction of sp³-hybridized carbons (Fsp3) is 0.429. The predicted molar refractivity (Wildman–Crippen MR) is 115 cm³/mol. The molecule has 1 aromatic heterocycles. The topological polar surface area (TPSA) is 79.4 Å². The lowest BCUT2D eigenvalue weighted by atomic mass is 10.2. The maximum atomic E-state index is 13.3. The number of halogens is 1. The number of benzene rings is 1. The van der Waals surface area contributed by atoms with Crippen LogP contribution < -0.4 is 5.32 Å². The highest BCUT2D eigenvalue weighted by atomic mass is 32.2. The van der Waals surface area contributed by atoms with Gasteiger partial charge in [0.15, 0.2) is 0 Å². The molecule has 1 aromatic carbocycles. The van der Waals surface area contributed by atoms with Crippen molar-refractivity contribution in [3.05, 3.63) is 54.1 Å². The van der Waals surface area contributed by atoms with Crippen LogP contribution in [0.4, 0.5) is 4.39 Å². The molecule has 1 fully saturated rings. The Morgan fingerprint density at radius 1 is 1.30 bits per heavy atom. The highest BCUT2D eigenvalue weighted by Crippen LogP contribution is 2.24. The average Bonchev–Trinajstić information content (AvgIpc) is 3.25. The lowest BCUT2D eigenvalue weighted by Crippen LogP contribution is -2.46. The molecule has 1 aliphatic rings. The number of amides is 1. The number of carbonyl (C=O) groups excluding carboxylic acids is 1. The van der Waals surface area contributed by atoms with Crippen LogP contribution in [0.15, 0.2) is 52.4 Å². The van der Waals surface area contributed by atoms with Gasteiger partial charge in [0.2, 0.25) is 0 Å². The Labute approximate surface area is 181 Å². The molecular weight excluding hydrogens is 425 g/mol. The van der Waals surface area contributed by atoms with E-state index in [2.05, 4.69) is 24.1 Å². The van der Waals surface area contributed by atoms with Crippen LogP contribution in [0.2, 0.25) is 0 Å². The van der Waals surface area contributed by atoms with E-state index in [0.29, 0.717) is 24.6 Å². The number of rotatable bonds is 8. The summed E-state index contributed by atoms with van der Waals surface area (Å²) in [6.07, 6.45) is 3.01. The van der Waals surface area contributed by atoms with Crippen molar-refractivity contribution in [1.29, 1.82) is 0 Å². The van der Waals surface area contributed by atoms with Crippen LogP contribution >= 0.6 is 11.8 Å². The maximum Gasteiger partial charge on any atom is 0.266 e. The van der Waals surface area contributed by atoms with Crippen LogP contribution in [0, 0.1) is 11.7 Å². The molecule has 2 aromatic rings. The molecule has 0 saturated carbocycles. The smallest absolute Gasteiger partial charge is 0.266 e. The Morgan fingerprint density at radius 3 is 2.67 bits per heavy atom. The third kappa shape index (κ3) is 5.59. The molecule has 162 valence electrons. The molecular formula is C21H26FN3O3S2. The second-order valence-electron chi connectivity index (χ2n) is 7.64. The zero-order valence-electron chi connectivity index (χ0n) is 17.0. The first-order chi connectivity index (χ1) is 14.3. The predicted octanol–water partition coefficient (Wildman–Crippen LogP) is 3.44. The lowest BCUT2D eigenvalue weighted by Gasteiger charge is -2.25. The van der Waals surface area contributed by atoms with Gasteiger partial charge in [-0.3, -0.25) is 9.78 Å². The molecule has 0 unspecified atom stereocenters. The van der Waals surface area contributed by atoms with Crippen LogP contribution in [-0.2, 0) is 21.4 Å². The molecule has 0 spiro atoms. The lowest BCUT2D eigenvalue weighted by molar-refractivity contribution is -0.128. The molecule has 30 heavy (non-hydrogen) atoms. The first-order valence-corrected chi connectivity index (χ1v) is 12.3. The van der Waals surface area contributed by atoms with E-state index in [1.54, 1.807) is 18.0 Å². The second-order valence-corrected chi connectivity index (χ2v) is 10.6. The summed E-state index contributed by atoms with van der Waals surface area (Å²) in [5.74, 6) is 0.378. The molecule has 9 heteroatoms. The summed E-state index contributed by atoms with van der Waals surface area (Å²) in [5, 5.41) is 3.06. The third-order valence-corrected chi connectivity index (χ3v) is 7.86. The van der Waals surface area contributed by atoms with Gasteiger partial charge in [0.05, 0.1) is 23.2 Å². The van der Waals surface area contributed by atoms with Crippen LogP contribution in [0.1, 0.15) is 32.4 Å². The number of hydrogen-bond donors (Lipinski definition) is 1. The SMILES string of the molecule is CC(C)CSc1ccnc(CN(C(=O)[C@@H]2CCCN2)S(=O)(=O)c2ccc(F)cc2)c1. The molecule has 0 aliphatic carbocycles. The van der Waals surface area contributed by atoms with Crippen molar-refractivity contribution in [2.45, 2.75) is 49.1 Å². The van der Waals surface area contributed by atoms with Gasteiger partial charge in [-0.15, -0.1) is 11.8 Å². The fourth-order valence-corrected chi connectivity index (χ4v) is 5.43. The Balaban J connectivity index is 1.91. The van der Waals surface area contributed by atoms with Crippen molar-refractivity contribution in [2.24, 2.45) is 5.92 Å². The Bertz CT molecular complexity index is 975. The van der Waals surface area contributed by atoms with E-state index in [1.807, 2.05) is 12.1 Å². The van der Waals surface area contributed by atoms with E-state index in [9.17, 15) is 17.6 Å². The molecule has 0 bridgehead atoms. The molecule has 1 aliphatic heterocycles. The maximum absolute atomic E-state index is 13.3. The fourth-order valence-electron chi connectivity index (χ4n) is 3.13. The third-order valence-electron chi connectivity index (χ3n) is 4.68. The molecule has 0 radical (unpaired) electrons. The van der Waals surface area contributed by atoms with E-state index >= 15 is 0 Å². The van der Waals surface area contributed by atoms with Crippen molar-refractivity contribution < 1.29 is 17.6 Å². The summed E-state index contributed by atoms with van der Waals surface area (Å²) >= 11 is 1.66. The number of pyridine rings is 1. The minimum Gasteiger partial charge on any atom is -0.306 e. The van der Waals surface area contributed by atoms with Crippen molar-refractivity contribution in [2.75, 3.05) is 12.3 Å². The number of nitrogens with zero attached hydrogens (tertiary/aromatic N) is 2. The average molecular weight is 452 g/mol. The van der Waals surface area contributed by atoms with Gasteiger partial charge in [-0.1, -0.05) is 13.8 Å². The number of aromatic nitrogens is 1. The van der Waals surface area contributed by atoms with Crippen LogP contribution in [0.25, 0.3) is 0 Å². The Hall–Kier alpha value is -1.97. The highest BCUT2D eigenvalue weighted by Gasteiger charge is 2.35. The highest BCUT2D eigenvalue weighted by molar-refractivity contribution is 7.99. The number of hydrogen-bond acceptors (Lipinski definition) is 6. The van der Waals surface area contributed by atoms with E-state index in [4.69, 9.17) is 0 Å². The number of nitrogens with one attached hydrogen (secondary N) is 1. The van der Waals surface area contributed by atoms with Gasteiger partial charge in [0.1, 0.15) is 5.82 Å². The van der Waals surface area contributed by atoms with Gasteiger partial charge < -0.3 is 5.32 Å². The standard InChI is InChI=1S/C21H26FN3O3S2/c1-15(2)14-29-18-9-11-23-17(12-18)13-25(21(26)20-4-3-10-24-20)30(27,28)19-7-5-16(22)6-8-19/h5-9,11-12,15,20,24H,3-4,10,13-14H2,1-2H3/t20-/m0/s1. The minimum absolute atomic E-state index is 0.124. The van der Waals surface area contributed by atoms with Crippen molar-refractivity contribution >= 4 is 27.7 Å². The summed E-state index contributed by atoms with van der Waals surface area (Å²) in [6, 6.07) is 7.63. The summed E-state index contributed by atoms with van der Waals surface area (Å²) < 4.78 is 40.7. The van der Waals surface area contributed by atoms with Gasteiger partial charge in [0.25, 0.3) is 15.9 Å². The molecule has 6 nitrogen and oxygen atoms in total. The van der Waals surface area contributed by atoms with E-state index in [1.165, 1.54) is 12.1 Å². The first-order valence-electron chi connectivity index (χ1n) is 9.90. The number of carbonyl (C=O) groups is 1.